The van der Waals surface area contributed by atoms with Gasteiger partial charge in [-0.05, 0) is 18.5 Å². The van der Waals surface area contributed by atoms with Crippen LogP contribution in [0.4, 0.5) is 11.5 Å². The van der Waals surface area contributed by atoms with Gasteiger partial charge in [-0.3, -0.25) is 4.79 Å². The van der Waals surface area contributed by atoms with Crippen molar-refractivity contribution in [3.8, 4) is 0 Å². The molecular weight excluding hydrogens is 242 g/mol. The Morgan fingerprint density at radius 1 is 1.53 bits per heavy atom. The maximum Gasteiger partial charge on any atom is 0.241 e. The molecule has 1 rings (SSSR count). The first kappa shape index (κ1) is 13.5. The van der Waals surface area contributed by atoms with Crippen LogP contribution in [0.15, 0.2) is 6.20 Å². The summed E-state index contributed by atoms with van der Waals surface area (Å²) in [5, 5.41) is 0.116. The zero-order chi connectivity index (χ0) is 13.0. The van der Waals surface area contributed by atoms with E-state index in [2.05, 4.69) is 9.97 Å². The van der Waals surface area contributed by atoms with Crippen LogP contribution in [0.5, 0.6) is 0 Å². The Balaban J connectivity index is 2.93. The fraction of sp³-hybridized carbons (Fsp3) is 0.500. The third kappa shape index (κ3) is 3.45. The monoisotopic (exact) mass is 257 g/mol. The van der Waals surface area contributed by atoms with Gasteiger partial charge in [-0.15, -0.1) is 0 Å². The Hall–Kier alpha value is -1.56. The SMILES string of the molecule is CCN(CC(=O)N(C)C)c1nc(Cl)ncc1N. The summed E-state index contributed by atoms with van der Waals surface area (Å²) in [7, 11) is 3.40. The van der Waals surface area contributed by atoms with Gasteiger partial charge in [0.1, 0.15) is 0 Å². The van der Waals surface area contributed by atoms with Gasteiger partial charge in [0.05, 0.1) is 18.4 Å². The number of carbonyl (C=O) groups excluding carboxylic acids is 1. The molecule has 1 aromatic rings. The Morgan fingerprint density at radius 2 is 2.18 bits per heavy atom. The largest absolute Gasteiger partial charge is 0.394 e. The van der Waals surface area contributed by atoms with Crippen molar-refractivity contribution in [1.29, 1.82) is 0 Å². The normalized spacial score (nSPS) is 10.1. The highest BCUT2D eigenvalue weighted by Gasteiger charge is 2.15. The summed E-state index contributed by atoms with van der Waals surface area (Å²) >= 11 is 5.72. The third-order valence-corrected chi connectivity index (χ3v) is 2.45. The van der Waals surface area contributed by atoms with Gasteiger partial charge in [0.15, 0.2) is 5.82 Å². The van der Waals surface area contributed by atoms with Crippen molar-refractivity contribution in [3.63, 3.8) is 0 Å². The number of amides is 1. The van der Waals surface area contributed by atoms with Crippen LogP contribution < -0.4 is 10.6 Å². The van der Waals surface area contributed by atoms with Crippen LogP contribution in [0.25, 0.3) is 0 Å². The van der Waals surface area contributed by atoms with E-state index in [0.29, 0.717) is 18.1 Å². The van der Waals surface area contributed by atoms with E-state index >= 15 is 0 Å². The number of anilines is 2. The van der Waals surface area contributed by atoms with E-state index in [-0.39, 0.29) is 17.7 Å². The Labute approximate surface area is 105 Å². The van der Waals surface area contributed by atoms with Gasteiger partial charge in [-0.1, -0.05) is 0 Å². The average molecular weight is 258 g/mol. The number of halogens is 1. The number of likely N-dealkylation sites (N-methyl/N-ethyl adjacent to an activating group) is 2. The second kappa shape index (κ2) is 5.67. The van der Waals surface area contributed by atoms with Crippen LogP contribution in [0, 0.1) is 0 Å². The summed E-state index contributed by atoms with van der Waals surface area (Å²) in [4.78, 5) is 22.7. The van der Waals surface area contributed by atoms with Gasteiger partial charge in [-0.2, -0.15) is 4.98 Å². The van der Waals surface area contributed by atoms with Crippen LogP contribution in [0.3, 0.4) is 0 Å². The maximum atomic E-state index is 11.6. The molecule has 0 aliphatic carbocycles. The van der Waals surface area contributed by atoms with Crippen molar-refractivity contribution < 1.29 is 4.79 Å². The summed E-state index contributed by atoms with van der Waals surface area (Å²) in [5.74, 6) is 0.462. The third-order valence-electron chi connectivity index (χ3n) is 2.27. The lowest BCUT2D eigenvalue weighted by molar-refractivity contribution is -0.127. The highest BCUT2D eigenvalue weighted by Crippen LogP contribution is 2.20. The van der Waals surface area contributed by atoms with E-state index in [0.717, 1.165) is 0 Å². The molecule has 17 heavy (non-hydrogen) atoms. The summed E-state index contributed by atoms with van der Waals surface area (Å²) in [6.45, 7) is 2.73. The topological polar surface area (TPSA) is 75.4 Å². The smallest absolute Gasteiger partial charge is 0.241 e. The second-order valence-corrected chi connectivity index (χ2v) is 4.06. The van der Waals surface area contributed by atoms with Crippen molar-refractivity contribution >= 4 is 29.0 Å². The summed E-state index contributed by atoms with van der Waals surface area (Å²) in [5.41, 5.74) is 6.17. The molecule has 0 spiro atoms. The molecule has 0 unspecified atom stereocenters. The zero-order valence-electron chi connectivity index (χ0n) is 10.1. The second-order valence-electron chi connectivity index (χ2n) is 3.72. The lowest BCUT2D eigenvalue weighted by atomic mass is 10.4. The molecule has 0 radical (unpaired) electrons. The molecule has 0 aliphatic rings. The van der Waals surface area contributed by atoms with E-state index in [1.165, 1.54) is 11.1 Å². The predicted octanol–water partition coefficient (Wildman–Crippen LogP) is 0.627. The van der Waals surface area contributed by atoms with Gasteiger partial charge in [0.2, 0.25) is 11.2 Å². The Kier molecular flexibility index (Phi) is 4.51. The van der Waals surface area contributed by atoms with Gasteiger partial charge < -0.3 is 15.5 Å². The Bertz CT molecular complexity index is 410. The van der Waals surface area contributed by atoms with Gasteiger partial charge in [-0.25, -0.2) is 4.98 Å². The summed E-state index contributed by atoms with van der Waals surface area (Å²) < 4.78 is 0. The van der Waals surface area contributed by atoms with E-state index in [1.54, 1.807) is 19.0 Å². The predicted molar refractivity (Wildman–Crippen MR) is 68.0 cm³/mol. The van der Waals surface area contributed by atoms with Crippen molar-refractivity contribution in [2.75, 3.05) is 37.8 Å². The number of nitrogens with zero attached hydrogens (tertiary/aromatic N) is 4. The van der Waals surface area contributed by atoms with Crippen LogP contribution in [-0.2, 0) is 4.79 Å². The van der Waals surface area contributed by atoms with Crippen LogP contribution >= 0.6 is 11.6 Å². The number of hydrogen-bond donors (Lipinski definition) is 1. The standard InChI is InChI=1S/C10H16ClN5O/c1-4-16(6-8(17)15(2)3)9-7(12)5-13-10(11)14-9/h5H,4,6,12H2,1-3H3. The molecule has 0 fully saturated rings. The molecule has 7 heteroatoms. The van der Waals surface area contributed by atoms with Crippen LogP contribution in [-0.4, -0.2) is 48.0 Å². The van der Waals surface area contributed by atoms with Gasteiger partial charge >= 0.3 is 0 Å². The number of nitrogen functional groups attached to an aromatic ring is 1. The first-order valence-corrected chi connectivity index (χ1v) is 5.56. The minimum Gasteiger partial charge on any atom is -0.394 e. The van der Waals surface area contributed by atoms with Crippen LogP contribution in [0.1, 0.15) is 6.92 Å². The van der Waals surface area contributed by atoms with Crippen molar-refractivity contribution in [2.24, 2.45) is 0 Å². The molecule has 1 amide bonds. The molecule has 0 aromatic carbocycles. The highest BCUT2D eigenvalue weighted by molar-refractivity contribution is 6.28. The molecule has 6 nitrogen and oxygen atoms in total. The number of nitrogens with two attached hydrogens (primary N) is 1. The summed E-state index contributed by atoms with van der Waals surface area (Å²) in [6.07, 6.45) is 1.44. The quantitative estimate of drug-likeness (QED) is 0.801. The van der Waals surface area contributed by atoms with Crippen LogP contribution in [0.2, 0.25) is 5.28 Å². The lowest BCUT2D eigenvalue weighted by Crippen LogP contribution is -2.37. The van der Waals surface area contributed by atoms with E-state index in [9.17, 15) is 4.79 Å². The van der Waals surface area contributed by atoms with Crippen molar-refractivity contribution in [3.05, 3.63) is 11.5 Å². The number of carbonyl (C=O) groups is 1. The number of rotatable bonds is 4. The van der Waals surface area contributed by atoms with E-state index in [1.807, 2.05) is 6.92 Å². The molecule has 1 aromatic heterocycles. The number of aromatic nitrogens is 2. The lowest BCUT2D eigenvalue weighted by Gasteiger charge is -2.24. The average Bonchev–Trinajstić information content (AvgIpc) is 2.29. The molecular formula is C10H16ClN5O. The van der Waals surface area contributed by atoms with Gasteiger partial charge in [0.25, 0.3) is 0 Å². The molecule has 0 saturated carbocycles. The molecule has 2 N–H and O–H groups in total. The zero-order valence-corrected chi connectivity index (χ0v) is 10.9. The fourth-order valence-electron chi connectivity index (χ4n) is 1.26. The molecule has 94 valence electrons. The van der Waals surface area contributed by atoms with E-state index < -0.39 is 0 Å². The minimum absolute atomic E-state index is 0.0269. The molecule has 1 heterocycles. The molecule has 0 atom stereocenters. The fourth-order valence-corrected chi connectivity index (χ4v) is 1.38. The maximum absolute atomic E-state index is 11.6. The van der Waals surface area contributed by atoms with Crippen molar-refractivity contribution in [1.82, 2.24) is 14.9 Å². The Morgan fingerprint density at radius 3 is 2.71 bits per heavy atom. The first-order chi connectivity index (χ1) is 7.95. The molecule has 0 bridgehead atoms. The minimum atomic E-state index is -0.0269. The number of hydrogen-bond acceptors (Lipinski definition) is 5. The summed E-state index contributed by atoms with van der Waals surface area (Å²) in [6, 6.07) is 0. The van der Waals surface area contributed by atoms with Gasteiger partial charge in [0, 0.05) is 20.6 Å². The molecule has 0 saturated heterocycles. The van der Waals surface area contributed by atoms with Crippen molar-refractivity contribution in [2.45, 2.75) is 6.92 Å². The van der Waals surface area contributed by atoms with E-state index in [4.69, 9.17) is 17.3 Å². The molecule has 0 aliphatic heterocycles. The first-order valence-electron chi connectivity index (χ1n) is 5.18. The highest BCUT2D eigenvalue weighted by atomic mass is 35.5.